The van der Waals surface area contributed by atoms with Crippen LogP contribution in [0.5, 0.6) is 0 Å². The van der Waals surface area contributed by atoms with Gasteiger partial charge in [-0.15, -0.1) is 11.6 Å². The molecule has 0 aliphatic carbocycles. The van der Waals surface area contributed by atoms with Gasteiger partial charge in [0.15, 0.2) is 0 Å². The van der Waals surface area contributed by atoms with E-state index in [-0.39, 0.29) is 11.3 Å². The summed E-state index contributed by atoms with van der Waals surface area (Å²) in [4.78, 5) is 0. The first-order valence-electron chi connectivity index (χ1n) is 3.94. The number of nitrogens with zero attached hydrogens (tertiary/aromatic N) is 1. The number of benzene rings is 1. The van der Waals surface area contributed by atoms with Gasteiger partial charge < -0.3 is 0 Å². The fraction of sp³-hybridized carbons (Fsp3) is 0.300. The molecule has 0 aliphatic rings. The molecule has 0 saturated heterocycles. The maximum atomic E-state index is 8.86. The van der Waals surface area contributed by atoms with Crippen molar-refractivity contribution in [3.63, 3.8) is 0 Å². The zero-order chi connectivity index (χ0) is 9.84. The predicted molar refractivity (Wildman–Crippen MR) is 55.1 cm³/mol. The summed E-state index contributed by atoms with van der Waals surface area (Å²) in [5, 5.41) is 9.29. The third-order valence-electron chi connectivity index (χ3n) is 1.81. The molecule has 0 amide bonds. The Morgan fingerprint density at radius 3 is 2.62 bits per heavy atom. The van der Waals surface area contributed by atoms with Crippen LogP contribution in [-0.2, 0) is 0 Å². The minimum atomic E-state index is -0.291. The second-order valence-electron chi connectivity index (χ2n) is 2.84. The first-order chi connectivity index (χ1) is 6.15. The number of alkyl halides is 1. The van der Waals surface area contributed by atoms with Crippen LogP contribution in [0.3, 0.4) is 0 Å². The molecule has 13 heavy (non-hydrogen) atoms. The number of rotatable bonds is 2. The van der Waals surface area contributed by atoms with Crippen molar-refractivity contribution in [2.24, 2.45) is 0 Å². The minimum Gasteiger partial charge on any atom is -0.198 e. The smallest absolute Gasteiger partial charge is 0.0874 e. The van der Waals surface area contributed by atoms with Gasteiger partial charge in [-0.1, -0.05) is 23.7 Å². The molecule has 68 valence electrons. The van der Waals surface area contributed by atoms with Crippen LogP contribution in [0.25, 0.3) is 0 Å². The lowest BCUT2D eigenvalue weighted by Gasteiger charge is -2.11. The number of hydrogen-bond acceptors (Lipinski definition) is 1. The van der Waals surface area contributed by atoms with Crippen LogP contribution in [0.4, 0.5) is 0 Å². The van der Waals surface area contributed by atoms with E-state index >= 15 is 0 Å². The molecule has 1 rings (SSSR count). The second kappa shape index (κ2) is 4.50. The van der Waals surface area contributed by atoms with Gasteiger partial charge in [-0.25, -0.2) is 0 Å². The Labute approximate surface area is 87.9 Å². The van der Waals surface area contributed by atoms with Crippen LogP contribution in [0.1, 0.15) is 18.4 Å². The molecule has 1 aromatic rings. The van der Waals surface area contributed by atoms with E-state index in [0.717, 1.165) is 5.56 Å². The standard InChI is InChI=1S/C10H9Cl2N/c1-7(11)10(6-13)8-3-2-4-9(12)5-8/h2-5,7,10H,1H3. The molecule has 0 N–H and O–H groups in total. The number of halogens is 2. The maximum Gasteiger partial charge on any atom is 0.0874 e. The normalized spacial score (nSPS) is 14.6. The topological polar surface area (TPSA) is 23.8 Å². The Kier molecular flexibility index (Phi) is 3.59. The highest BCUT2D eigenvalue weighted by molar-refractivity contribution is 6.30. The fourth-order valence-electron chi connectivity index (χ4n) is 1.14. The number of hydrogen-bond donors (Lipinski definition) is 0. The summed E-state index contributed by atoms with van der Waals surface area (Å²) in [5.41, 5.74) is 0.873. The molecule has 0 aliphatic heterocycles. The lowest BCUT2D eigenvalue weighted by atomic mass is 9.98. The van der Waals surface area contributed by atoms with Crippen LogP contribution < -0.4 is 0 Å². The van der Waals surface area contributed by atoms with Crippen LogP contribution in [0.15, 0.2) is 24.3 Å². The highest BCUT2D eigenvalue weighted by Crippen LogP contribution is 2.24. The Bertz CT molecular complexity index is 328. The van der Waals surface area contributed by atoms with Crippen LogP contribution in [0.2, 0.25) is 5.02 Å². The van der Waals surface area contributed by atoms with Crippen LogP contribution in [0, 0.1) is 11.3 Å². The SMILES string of the molecule is CC(Cl)C(C#N)c1cccc(Cl)c1. The molecular formula is C10H9Cl2N. The van der Waals surface area contributed by atoms with E-state index in [1.54, 1.807) is 19.1 Å². The van der Waals surface area contributed by atoms with Gasteiger partial charge in [-0.2, -0.15) is 5.26 Å². The molecule has 0 heterocycles. The fourth-order valence-corrected chi connectivity index (χ4v) is 1.54. The molecular weight excluding hydrogens is 205 g/mol. The quantitative estimate of drug-likeness (QED) is 0.690. The van der Waals surface area contributed by atoms with Gasteiger partial charge in [0.05, 0.1) is 17.4 Å². The molecule has 0 aromatic heterocycles. The van der Waals surface area contributed by atoms with Crippen LogP contribution in [-0.4, -0.2) is 5.38 Å². The Balaban J connectivity index is 3.00. The molecule has 0 spiro atoms. The molecule has 2 atom stereocenters. The van der Waals surface area contributed by atoms with Gasteiger partial charge >= 0.3 is 0 Å². The molecule has 0 bridgehead atoms. The van der Waals surface area contributed by atoms with Crippen molar-refractivity contribution in [3.05, 3.63) is 34.9 Å². The summed E-state index contributed by atoms with van der Waals surface area (Å²) in [7, 11) is 0. The summed E-state index contributed by atoms with van der Waals surface area (Å²) in [6, 6.07) is 9.38. The lowest BCUT2D eigenvalue weighted by Crippen LogP contribution is -2.06. The second-order valence-corrected chi connectivity index (χ2v) is 3.96. The third-order valence-corrected chi connectivity index (χ3v) is 2.29. The first-order valence-corrected chi connectivity index (χ1v) is 4.75. The predicted octanol–water partition coefficient (Wildman–Crippen LogP) is 3.57. The highest BCUT2D eigenvalue weighted by Gasteiger charge is 2.16. The van der Waals surface area contributed by atoms with Gasteiger partial charge in [-0.3, -0.25) is 0 Å². The van der Waals surface area contributed by atoms with Crippen LogP contribution >= 0.6 is 23.2 Å². The largest absolute Gasteiger partial charge is 0.198 e. The lowest BCUT2D eigenvalue weighted by molar-refractivity contribution is 0.828. The van der Waals surface area contributed by atoms with Crippen molar-refractivity contribution < 1.29 is 0 Å². The van der Waals surface area contributed by atoms with E-state index in [9.17, 15) is 0 Å². The number of nitriles is 1. The van der Waals surface area contributed by atoms with Crippen molar-refractivity contribution in [1.82, 2.24) is 0 Å². The van der Waals surface area contributed by atoms with E-state index < -0.39 is 0 Å². The van der Waals surface area contributed by atoms with E-state index in [0.29, 0.717) is 5.02 Å². The molecule has 0 radical (unpaired) electrons. The van der Waals surface area contributed by atoms with Gasteiger partial charge in [0.2, 0.25) is 0 Å². The molecule has 1 aromatic carbocycles. The van der Waals surface area contributed by atoms with Gasteiger partial charge in [-0.05, 0) is 24.6 Å². The molecule has 0 saturated carbocycles. The molecule has 1 nitrogen and oxygen atoms in total. The maximum absolute atomic E-state index is 8.86. The zero-order valence-corrected chi connectivity index (χ0v) is 8.68. The van der Waals surface area contributed by atoms with Gasteiger partial charge in [0, 0.05) is 5.02 Å². The third kappa shape index (κ3) is 2.62. The summed E-state index contributed by atoms with van der Waals surface area (Å²) in [6.45, 7) is 1.80. The van der Waals surface area contributed by atoms with E-state index in [2.05, 4.69) is 6.07 Å². The summed E-state index contributed by atoms with van der Waals surface area (Å²) in [6.07, 6.45) is 0. The average molecular weight is 214 g/mol. The van der Waals surface area contributed by atoms with Crippen molar-refractivity contribution >= 4 is 23.2 Å². The Morgan fingerprint density at radius 1 is 1.46 bits per heavy atom. The Morgan fingerprint density at radius 2 is 2.15 bits per heavy atom. The zero-order valence-electron chi connectivity index (χ0n) is 7.17. The summed E-state index contributed by atoms with van der Waals surface area (Å²) in [5.74, 6) is -0.291. The van der Waals surface area contributed by atoms with Gasteiger partial charge in [0.1, 0.15) is 0 Å². The summed E-state index contributed by atoms with van der Waals surface area (Å²) < 4.78 is 0. The highest BCUT2D eigenvalue weighted by atomic mass is 35.5. The Hall–Kier alpha value is -0.710. The van der Waals surface area contributed by atoms with E-state index in [1.807, 2.05) is 12.1 Å². The van der Waals surface area contributed by atoms with Gasteiger partial charge in [0.25, 0.3) is 0 Å². The summed E-state index contributed by atoms with van der Waals surface area (Å²) >= 11 is 11.7. The van der Waals surface area contributed by atoms with Crippen molar-refractivity contribution in [2.75, 3.05) is 0 Å². The van der Waals surface area contributed by atoms with Crippen molar-refractivity contribution in [1.29, 1.82) is 5.26 Å². The van der Waals surface area contributed by atoms with Crippen molar-refractivity contribution in [2.45, 2.75) is 18.2 Å². The monoisotopic (exact) mass is 213 g/mol. The van der Waals surface area contributed by atoms with E-state index in [4.69, 9.17) is 28.5 Å². The molecule has 3 heteroatoms. The minimum absolute atomic E-state index is 0.205. The molecule has 2 unspecified atom stereocenters. The first kappa shape index (κ1) is 10.4. The average Bonchev–Trinajstić information content (AvgIpc) is 2.04. The van der Waals surface area contributed by atoms with Crippen molar-refractivity contribution in [3.8, 4) is 6.07 Å². The molecule has 0 fully saturated rings. The van der Waals surface area contributed by atoms with E-state index in [1.165, 1.54) is 0 Å².